The lowest BCUT2D eigenvalue weighted by Crippen LogP contribution is -2.31. The van der Waals surface area contributed by atoms with Gasteiger partial charge in [-0.3, -0.25) is 14.8 Å². The van der Waals surface area contributed by atoms with Crippen LogP contribution in [0.4, 0.5) is 0 Å². The molecule has 2 amide bonds. The number of unbranched alkanes of at least 4 members (excludes halogenated alkanes) is 2. The van der Waals surface area contributed by atoms with Gasteiger partial charge in [-0.1, -0.05) is 66.7 Å². The van der Waals surface area contributed by atoms with Crippen molar-refractivity contribution in [3.63, 3.8) is 0 Å². The summed E-state index contributed by atoms with van der Waals surface area (Å²) in [6, 6.07) is 15.6. The fourth-order valence-electron chi connectivity index (χ4n) is 4.42. The summed E-state index contributed by atoms with van der Waals surface area (Å²) in [7, 11) is 1.80. The Kier molecular flexibility index (Phi) is 11.6. The molecular formula is C28H36N6O6S. The van der Waals surface area contributed by atoms with Crippen molar-refractivity contribution in [1.82, 2.24) is 31.0 Å². The number of hydrogen-bond acceptors (Lipinski definition) is 10. The predicted octanol–water partition coefficient (Wildman–Crippen LogP) is 3.11. The molecule has 41 heavy (non-hydrogen) atoms. The van der Waals surface area contributed by atoms with Gasteiger partial charge in [0.05, 0.1) is 18.8 Å². The first kappa shape index (κ1) is 30.6. The lowest BCUT2D eigenvalue weighted by atomic mass is 10.0. The van der Waals surface area contributed by atoms with Crippen LogP contribution in [0.25, 0.3) is 0 Å². The van der Waals surface area contributed by atoms with Crippen molar-refractivity contribution in [1.29, 1.82) is 0 Å². The molecule has 3 unspecified atom stereocenters. The molecule has 1 fully saturated rings. The Morgan fingerprint density at radius 1 is 0.976 bits per heavy atom. The second-order valence-electron chi connectivity index (χ2n) is 9.86. The third-order valence-electron chi connectivity index (χ3n) is 6.77. The van der Waals surface area contributed by atoms with Crippen molar-refractivity contribution in [3.8, 4) is 0 Å². The highest BCUT2D eigenvalue weighted by molar-refractivity contribution is 7.99. The first-order chi connectivity index (χ1) is 19.9. The molecule has 4 rings (SSSR count). The Bertz CT molecular complexity index is 1260. The normalized spacial score (nSPS) is 18.7. The zero-order valence-corrected chi connectivity index (χ0v) is 23.8. The maximum absolute atomic E-state index is 12.2. The van der Waals surface area contributed by atoms with Crippen molar-refractivity contribution in [2.75, 3.05) is 5.75 Å². The lowest BCUT2D eigenvalue weighted by molar-refractivity contribution is -0.245. The second kappa shape index (κ2) is 15.6. The van der Waals surface area contributed by atoms with Gasteiger partial charge in [0.15, 0.2) is 6.29 Å². The van der Waals surface area contributed by atoms with Crippen LogP contribution in [0.5, 0.6) is 0 Å². The van der Waals surface area contributed by atoms with Gasteiger partial charge in [0.25, 0.3) is 0 Å². The number of amides is 2. The monoisotopic (exact) mass is 584 g/mol. The van der Waals surface area contributed by atoms with Crippen LogP contribution in [0.1, 0.15) is 73.2 Å². The van der Waals surface area contributed by atoms with Crippen LogP contribution in [0, 0.1) is 0 Å². The minimum Gasteiger partial charge on any atom is -0.392 e. The minimum atomic E-state index is -0.578. The number of ether oxygens (including phenoxy) is 2. The van der Waals surface area contributed by atoms with Crippen molar-refractivity contribution in [3.05, 3.63) is 70.8 Å². The van der Waals surface area contributed by atoms with Crippen LogP contribution in [0.2, 0.25) is 0 Å². The SMILES string of the molecule is Cn1nnnc1SCC1CC(c2ccc(CO)cc2)OC(c2ccc(CNC(=O)CCCCCC(=O)NO)cc2)O1. The maximum Gasteiger partial charge on any atom is 0.243 e. The van der Waals surface area contributed by atoms with Crippen molar-refractivity contribution < 1.29 is 29.4 Å². The quantitative estimate of drug-likeness (QED) is 0.0959. The molecule has 0 bridgehead atoms. The van der Waals surface area contributed by atoms with E-state index < -0.39 is 12.2 Å². The predicted molar refractivity (Wildman–Crippen MR) is 149 cm³/mol. The van der Waals surface area contributed by atoms with Gasteiger partial charge in [-0.05, 0) is 40.0 Å². The summed E-state index contributed by atoms with van der Waals surface area (Å²) in [5, 5.41) is 33.2. The molecule has 13 heteroatoms. The Labute approximate surface area is 242 Å². The third-order valence-corrected chi connectivity index (χ3v) is 7.91. The van der Waals surface area contributed by atoms with Crippen molar-refractivity contribution in [2.24, 2.45) is 7.05 Å². The number of aromatic nitrogens is 4. The van der Waals surface area contributed by atoms with Crippen LogP contribution in [0.15, 0.2) is 53.7 Å². The first-order valence-corrected chi connectivity index (χ1v) is 14.6. The summed E-state index contributed by atoms with van der Waals surface area (Å²) in [6.07, 6.45) is 2.43. The number of aliphatic hydroxyl groups is 1. The largest absolute Gasteiger partial charge is 0.392 e. The van der Waals surface area contributed by atoms with E-state index in [-0.39, 0.29) is 31.1 Å². The molecule has 220 valence electrons. The zero-order valence-electron chi connectivity index (χ0n) is 22.9. The van der Waals surface area contributed by atoms with Gasteiger partial charge in [0.2, 0.25) is 17.0 Å². The summed E-state index contributed by atoms with van der Waals surface area (Å²) < 4.78 is 14.4. The van der Waals surface area contributed by atoms with Gasteiger partial charge in [0, 0.05) is 44.2 Å². The maximum atomic E-state index is 12.2. The Balaban J connectivity index is 1.33. The molecule has 0 saturated carbocycles. The molecule has 1 aliphatic rings. The smallest absolute Gasteiger partial charge is 0.243 e. The number of nitrogens with zero attached hydrogens (tertiary/aromatic N) is 4. The highest BCUT2D eigenvalue weighted by atomic mass is 32.2. The van der Waals surface area contributed by atoms with E-state index in [1.165, 1.54) is 11.8 Å². The number of tetrazole rings is 1. The molecule has 0 spiro atoms. The molecule has 1 aromatic heterocycles. The van der Waals surface area contributed by atoms with E-state index in [4.69, 9.17) is 14.7 Å². The molecule has 1 aliphatic heterocycles. The molecule has 3 aromatic rings. The van der Waals surface area contributed by atoms with Crippen LogP contribution in [0.3, 0.4) is 0 Å². The van der Waals surface area contributed by atoms with Gasteiger partial charge >= 0.3 is 0 Å². The summed E-state index contributed by atoms with van der Waals surface area (Å²) in [5.74, 6) is 0.189. The number of hydroxylamine groups is 1. The van der Waals surface area contributed by atoms with Gasteiger partial charge in [-0.15, -0.1) is 5.10 Å². The standard InChI is InChI=1S/C28H36N6O6S/c1-34-28(30-32-33-34)41-18-23-15-24(21-11-9-20(17-35)10-12-21)40-27(39-23)22-13-7-19(8-14-22)16-29-25(36)5-3-2-4-6-26(37)31-38/h7-14,23-24,27,35,38H,2-6,15-18H2,1H3,(H,29,36)(H,31,37). The van der Waals surface area contributed by atoms with E-state index >= 15 is 0 Å². The summed E-state index contributed by atoms with van der Waals surface area (Å²) >= 11 is 1.53. The Morgan fingerprint density at radius 3 is 2.32 bits per heavy atom. The third kappa shape index (κ3) is 9.33. The molecular weight excluding hydrogens is 548 g/mol. The van der Waals surface area contributed by atoms with Gasteiger partial charge in [-0.2, -0.15) is 0 Å². The highest BCUT2D eigenvalue weighted by Gasteiger charge is 2.32. The Hall–Kier alpha value is -3.36. The summed E-state index contributed by atoms with van der Waals surface area (Å²) in [5.41, 5.74) is 5.29. The number of thioether (sulfide) groups is 1. The van der Waals surface area contributed by atoms with Crippen molar-refractivity contribution in [2.45, 2.75) is 75.3 Å². The molecule has 2 aromatic carbocycles. The highest BCUT2D eigenvalue weighted by Crippen LogP contribution is 2.39. The summed E-state index contributed by atoms with van der Waals surface area (Å²) in [6.45, 7) is 0.393. The van der Waals surface area contributed by atoms with Crippen molar-refractivity contribution >= 4 is 23.6 Å². The van der Waals surface area contributed by atoms with E-state index in [1.807, 2.05) is 48.5 Å². The topological polar surface area (TPSA) is 161 Å². The number of benzene rings is 2. The minimum absolute atomic E-state index is 0.0130. The number of aryl methyl sites for hydroxylation is 1. The lowest BCUT2D eigenvalue weighted by Gasteiger charge is -2.36. The molecule has 12 nitrogen and oxygen atoms in total. The van der Waals surface area contributed by atoms with E-state index in [9.17, 15) is 14.7 Å². The number of carbonyl (C=O) groups excluding carboxylic acids is 2. The number of hydrogen-bond donors (Lipinski definition) is 4. The Morgan fingerprint density at radius 2 is 1.66 bits per heavy atom. The van der Waals surface area contributed by atoms with Gasteiger partial charge < -0.3 is 19.9 Å². The second-order valence-corrected chi connectivity index (χ2v) is 10.8. The fraction of sp³-hybridized carbons (Fsp3) is 0.464. The average molecular weight is 585 g/mol. The first-order valence-electron chi connectivity index (χ1n) is 13.6. The van der Waals surface area contributed by atoms with Crippen LogP contribution in [-0.4, -0.2) is 54.2 Å². The van der Waals surface area contributed by atoms with E-state index in [2.05, 4.69) is 20.8 Å². The molecule has 4 N–H and O–H groups in total. The zero-order chi connectivity index (χ0) is 29.0. The van der Waals surface area contributed by atoms with Crippen LogP contribution < -0.4 is 10.8 Å². The number of aliphatic hydroxyl groups excluding tert-OH is 1. The molecule has 2 heterocycles. The van der Waals surface area contributed by atoms with Crippen LogP contribution in [-0.2, 0) is 39.3 Å². The molecule has 0 aliphatic carbocycles. The molecule has 1 saturated heterocycles. The number of carbonyl (C=O) groups is 2. The molecule has 3 atom stereocenters. The fourth-order valence-corrected chi connectivity index (χ4v) is 5.29. The van der Waals surface area contributed by atoms with E-state index in [0.29, 0.717) is 43.1 Å². The van der Waals surface area contributed by atoms with Crippen LogP contribution >= 0.6 is 11.8 Å². The van der Waals surface area contributed by atoms with Gasteiger partial charge in [0.1, 0.15) is 0 Å². The summed E-state index contributed by atoms with van der Waals surface area (Å²) in [4.78, 5) is 23.2. The van der Waals surface area contributed by atoms with E-state index in [0.717, 1.165) is 28.7 Å². The van der Waals surface area contributed by atoms with E-state index in [1.54, 1.807) is 17.2 Å². The number of nitrogens with one attached hydrogen (secondary N) is 2. The van der Waals surface area contributed by atoms with Gasteiger partial charge in [-0.25, -0.2) is 10.2 Å². The average Bonchev–Trinajstić information content (AvgIpc) is 3.43. The number of rotatable bonds is 14. The molecule has 0 radical (unpaired) electrons.